The summed E-state index contributed by atoms with van der Waals surface area (Å²) in [6.45, 7) is 5.22. The van der Waals surface area contributed by atoms with Gasteiger partial charge in [0.1, 0.15) is 19.3 Å². The molecule has 8 nitrogen and oxygen atoms in total. The van der Waals surface area contributed by atoms with Gasteiger partial charge in [0.05, 0.1) is 34.4 Å². The molecule has 0 N–H and O–H groups in total. The number of hydrogen-bond donors (Lipinski definition) is 0. The van der Waals surface area contributed by atoms with E-state index in [4.69, 9.17) is 18.5 Å². The summed E-state index contributed by atoms with van der Waals surface area (Å²) in [4.78, 5) is 25.2. The van der Waals surface area contributed by atoms with Crippen molar-refractivity contribution in [3.63, 3.8) is 0 Å². The Labute approximate surface area is 383 Å². The summed E-state index contributed by atoms with van der Waals surface area (Å²) in [5.74, 6) is -0.346. The molecule has 0 aromatic rings. The molecule has 0 aliphatic heterocycles. The number of quaternary nitrogens is 1. The Morgan fingerprint density at radius 2 is 0.935 bits per heavy atom. The second-order valence-corrected chi connectivity index (χ2v) is 19.2. The Kier molecular flexibility index (Phi) is 44.0. The fraction of sp³-hybridized carbons (Fsp3) is 0.755. The van der Waals surface area contributed by atoms with Gasteiger partial charge in [-0.3, -0.25) is 9.36 Å². The first-order valence-electron chi connectivity index (χ1n) is 25.2. The number of phosphoric acid groups is 1. The van der Waals surface area contributed by atoms with Gasteiger partial charge in [0.25, 0.3) is 7.82 Å². The Morgan fingerprint density at radius 3 is 1.39 bits per heavy atom. The van der Waals surface area contributed by atoms with E-state index in [1.807, 2.05) is 21.1 Å². The van der Waals surface area contributed by atoms with Crippen LogP contribution in [0.25, 0.3) is 0 Å². The van der Waals surface area contributed by atoms with Crippen LogP contribution in [-0.2, 0) is 27.9 Å². The highest BCUT2D eigenvalue weighted by molar-refractivity contribution is 7.45. The second kappa shape index (κ2) is 45.5. The van der Waals surface area contributed by atoms with Crippen molar-refractivity contribution in [2.75, 3.05) is 54.1 Å². The first-order chi connectivity index (χ1) is 30.1. The molecule has 2 atom stereocenters. The van der Waals surface area contributed by atoms with Gasteiger partial charge in [-0.25, -0.2) is 0 Å². The van der Waals surface area contributed by atoms with Crippen molar-refractivity contribution in [3.05, 3.63) is 72.9 Å². The van der Waals surface area contributed by atoms with Crippen molar-refractivity contribution in [1.82, 2.24) is 0 Å². The number of ether oxygens (including phenoxy) is 2. The normalized spacial score (nSPS) is 14.2. The van der Waals surface area contributed by atoms with Crippen LogP contribution >= 0.6 is 7.82 Å². The maximum absolute atomic E-state index is 12.7. The summed E-state index contributed by atoms with van der Waals surface area (Å²) >= 11 is 0. The van der Waals surface area contributed by atoms with E-state index in [0.29, 0.717) is 24.1 Å². The highest BCUT2D eigenvalue weighted by atomic mass is 31.2. The zero-order valence-electron chi connectivity index (χ0n) is 40.8. The van der Waals surface area contributed by atoms with Crippen LogP contribution in [0.2, 0.25) is 0 Å². The van der Waals surface area contributed by atoms with Gasteiger partial charge in [-0.2, -0.15) is 0 Å². The molecule has 62 heavy (non-hydrogen) atoms. The van der Waals surface area contributed by atoms with Gasteiger partial charge in [-0.1, -0.05) is 202 Å². The Bertz CT molecular complexity index is 1220. The Morgan fingerprint density at radius 1 is 0.516 bits per heavy atom. The van der Waals surface area contributed by atoms with Crippen LogP contribution in [0, 0.1) is 0 Å². The molecule has 0 spiro atoms. The first kappa shape index (κ1) is 59.9. The third kappa shape index (κ3) is 49.0. The maximum Gasteiger partial charge on any atom is 0.306 e. The van der Waals surface area contributed by atoms with Gasteiger partial charge in [-0.05, 0) is 64.2 Å². The average molecular weight is 890 g/mol. The van der Waals surface area contributed by atoms with E-state index in [9.17, 15) is 14.3 Å². The van der Waals surface area contributed by atoms with E-state index in [2.05, 4.69) is 86.8 Å². The quantitative estimate of drug-likeness (QED) is 0.0197. The topological polar surface area (TPSA) is 94.1 Å². The minimum atomic E-state index is -4.54. The second-order valence-electron chi connectivity index (χ2n) is 17.8. The lowest BCUT2D eigenvalue weighted by atomic mass is 10.0. The Balaban J connectivity index is 4.24. The van der Waals surface area contributed by atoms with Crippen LogP contribution in [0.4, 0.5) is 0 Å². The van der Waals surface area contributed by atoms with Crippen LogP contribution < -0.4 is 4.89 Å². The summed E-state index contributed by atoms with van der Waals surface area (Å²) in [7, 11) is 1.33. The number of phosphoric ester groups is 1. The van der Waals surface area contributed by atoms with Crippen LogP contribution in [0.15, 0.2) is 72.9 Å². The molecular formula is C53H96NO7P. The van der Waals surface area contributed by atoms with Crippen LogP contribution in [0.1, 0.15) is 200 Å². The van der Waals surface area contributed by atoms with Gasteiger partial charge < -0.3 is 27.9 Å². The standard InChI is InChI=1S/C53H96NO7P/c1-6-8-10-12-14-16-18-20-22-24-26-27-28-29-31-33-35-37-39-41-43-45-48-58-50-52(51-60-62(56,57)59-49-47-54(3,4)5)61-53(55)46-44-42-40-38-36-34-32-30-25-23-21-19-17-15-13-11-9-7-2/h8,10,14,16,20,22,26-27,29,31,35,37,52H,6-7,9,11-13,15,17-19,21,23-25,28,30,32-34,36,38-51H2,1-5H3/b10-8-,16-14-,22-20-,27-26-,31-29-,37-35-. The molecule has 0 aromatic carbocycles. The summed E-state index contributed by atoms with van der Waals surface area (Å²) in [6, 6.07) is 0. The van der Waals surface area contributed by atoms with Crippen LogP contribution in [0.3, 0.4) is 0 Å². The lowest BCUT2D eigenvalue weighted by molar-refractivity contribution is -0.870. The van der Waals surface area contributed by atoms with E-state index in [0.717, 1.165) is 83.5 Å². The van der Waals surface area contributed by atoms with Gasteiger partial charge >= 0.3 is 5.97 Å². The zero-order chi connectivity index (χ0) is 45.5. The molecule has 0 heterocycles. The molecule has 0 aromatic heterocycles. The lowest BCUT2D eigenvalue weighted by Gasteiger charge is -2.28. The molecule has 0 saturated heterocycles. The SMILES string of the molecule is CC/C=C\C/C=C\C/C=C\C/C=C\C/C=C\C/C=C\CCCCCOCC(COP(=O)([O-])OCC[N+](C)(C)C)OC(=O)CCCCCCCCCCCCCCCCCCCC. The van der Waals surface area contributed by atoms with Gasteiger partial charge in [-0.15, -0.1) is 0 Å². The van der Waals surface area contributed by atoms with Crippen molar-refractivity contribution in [2.24, 2.45) is 0 Å². The van der Waals surface area contributed by atoms with Crippen LogP contribution in [0.5, 0.6) is 0 Å². The number of esters is 1. The number of carbonyl (C=O) groups is 1. The fourth-order valence-corrected chi connectivity index (χ4v) is 7.40. The minimum Gasteiger partial charge on any atom is -0.756 e. The van der Waals surface area contributed by atoms with Crippen molar-refractivity contribution in [1.29, 1.82) is 0 Å². The zero-order valence-corrected chi connectivity index (χ0v) is 41.7. The van der Waals surface area contributed by atoms with Crippen molar-refractivity contribution in [2.45, 2.75) is 206 Å². The van der Waals surface area contributed by atoms with Crippen molar-refractivity contribution < 1.29 is 37.3 Å². The molecule has 0 aliphatic carbocycles. The van der Waals surface area contributed by atoms with Gasteiger partial charge in [0, 0.05) is 13.0 Å². The number of hydrogen-bond acceptors (Lipinski definition) is 7. The third-order valence-electron chi connectivity index (χ3n) is 10.5. The maximum atomic E-state index is 12.7. The predicted molar refractivity (Wildman–Crippen MR) is 263 cm³/mol. The summed E-state index contributed by atoms with van der Waals surface area (Å²) < 4.78 is 34.7. The largest absolute Gasteiger partial charge is 0.756 e. The molecule has 0 aliphatic rings. The van der Waals surface area contributed by atoms with E-state index in [1.54, 1.807) is 0 Å². The molecule has 0 fully saturated rings. The van der Waals surface area contributed by atoms with E-state index in [1.165, 1.54) is 96.3 Å². The average Bonchev–Trinajstić information content (AvgIpc) is 3.23. The number of unbranched alkanes of at least 4 members (excludes halogenated alkanes) is 20. The highest BCUT2D eigenvalue weighted by Gasteiger charge is 2.20. The molecule has 0 rings (SSSR count). The molecule has 0 amide bonds. The summed E-state index contributed by atoms with van der Waals surface area (Å²) in [5, 5.41) is 0. The highest BCUT2D eigenvalue weighted by Crippen LogP contribution is 2.38. The summed E-state index contributed by atoms with van der Waals surface area (Å²) in [5.41, 5.74) is 0. The number of nitrogens with zero attached hydrogens (tertiary/aromatic N) is 1. The predicted octanol–water partition coefficient (Wildman–Crippen LogP) is 14.8. The van der Waals surface area contributed by atoms with Crippen molar-refractivity contribution in [3.8, 4) is 0 Å². The molecule has 2 unspecified atom stereocenters. The molecular weight excluding hydrogens is 794 g/mol. The smallest absolute Gasteiger partial charge is 0.306 e. The monoisotopic (exact) mass is 890 g/mol. The Hall–Kier alpha value is -2.06. The molecule has 0 saturated carbocycles. The van der Waals surface area contributed by atoms with Gasteiger partial charge in [0.15, 0.2) is 0 Å². The van der Waals surface area contributed by atoms with E-state index in [-0.39, 0.29) is 25.8 Å². The molecule has 9 heteroatoms. The van der Waals surface area contributed by atoms with Gasteiger partial charge in [0.2, 0.25) is 0 Å². The number of rotatable bonds is 46. The number of likely N-dealkylation sites (N-methyl/N-ethyl adjacent to an activating group) is 1. The molecule has 360 valence electrons. The summed E-state index contributed by atoms with van der Waals surface area (Å²) in [6.07, 6.45) is 59.3. The number of allylic oxidation sites excluding steroid dienone is 12. The van der Waals surface area contributed by atoms with E-state index >= 15 is 0 Å². The fourth-order valence-electron chi connectivity index (χ4n) is 6.67. The van der Waals surface area contributed by atoms with Crippen molar-refractivity contribution >= 4 is 13.8 Å². The van der Waals surface area contributed by atoms with Crippen LogP contribution in [-0.4, -0.2) is 70.7 Å². The third-order valence-corrected chi connectivity index (χ3v) is 11.5. The number of carbonyl (C=O) groups excluding carboxylic acids is 1. The lowest BCUT2D eigenvalue weighted by Crippen LogP contribution is -2.37. The molecule has 0 radical (unpaired) electrons. The minimum absolute atomic E-state index is 0.0170. The molecule has 0 bridgehead atoms. The van der Waals surface area contributed by atoms with E-state index < -0.39 is 13.9 Å². The first-order valence-corrected chi connectivity index (χ1v) is 26.6.